The molecule has 0 aliphatic heterocycles. The summed E-state index contributed by atoms with van der Waals surface area (Å²) >= 11 is 3.32. The number of benzene rings is 1. The van der Waals surface area contributed by atoms with Crippen molar-refractivity contribution in [1.82, 2.24) is 5.32 Å². The molecule has 0 saturated heterocycles. The fourth-order valence-electron chi connectivity index (χ4n) is 1.35. The standard InChI is InChI=1S/C12H16BrNO2/c1-12(2,6-7-15)14-11(16)9-4-3-5-10(13)8-9/h3-5,8,15H,6-7H2,1-2H3,(H,14,16). The van der Waals surface area contributed by atoms with Crippen LogP contribution in [0.3, 0.4) is 0 Å². The summed E-state index contributed by atoms with van der Waals surface area (Å²) in [7, 11) is 0. The zero-order valence-electron chi connectivity index (χ0n) is 9.46. The molecule has 0 unspecified atom stereocenters. The summed E-state index contributed by atoms with van der Waals surface area (Å²) in [6.45, 7) is 3.84. The molecule has 1 aromatic rings. The van der Waals surface area contributed by atoms with Gasteiger partial charge >= 0.3 is 0 Å². The van der Waals surface area contributed by atoms with Crippen LogP contribution in [0, 0.1) is 0 Å². The van der Waals surface area contributed by atoms with Gasteiger partial charge in [-0.05, 0) is 38.5 Å². The highest BCUT2D eigenvalue weighted by atomic mass is 79.9. The smallest absolute Gasteiger partial charge is 0.251 e. The van der Waals surface area contributed by atoms with E-state index >= 15 is 0 Å². The maximum Gasteiger partial charge on any atom is 0.251 e. The summed E-state index contributed by atoms with van der Waals surface area (Å²) in [6.07, 6.45) is 0.534. The van der Waals surface area contributed by atoms with Gasteiger partial charge in [0.1, 0.15) is 0 Å². The Morgan fingerprint density at radius 1 is 1.50 bits per heavy atom. The Hall–Kier alpha value is -0.870. The Bertz CT molecular complexity index is 377. The second kappa shape index (κ2) is 5.46. The first-order valence-electron chi connectivity index (χ1n) is 5.13. The molecule has 16 heavy (non-hydrogen) atoms. The molecule has 0 radical (unpaired) electrons. The molecule has 1 aromatic carbocycles. The Balaban J connectivity index is 2.72. The molecule has 0 bridgehead atoms. The van der Waals surface area contributed by atoms with Crippen LogP contribution in [0.1, 0.15) is 30.6 Å². The number of carbonyl (C=O) groups is 1. The number of aliphatic hydroxyl groups excluding tert-OH is 1. The van der Waals surface area contributed by atoms with E-state index in [2.05, 4.69) is 21.2 Å². The molecular weight excluding hydrogens is 270 g/mol. The molecule has 1 rings (SSSR count). The molecule has 4 heteroatoms. The van der Waals surface area contributed by atoms with Crippen LogP contribution in [0.4, 0.5) is 0 Å². The van der Waals surface area contributed by atoms with Gasteiger partial charge in [0.2, 0.25) is 0 Å². The van der Waals surface area contributed by atoms with Crippen LogP contribution in [0.15, 0.2) is 28.7 Å². The van der Waals surface area contributed by atoms with E-state index in [1.807, 2.05) is 26.0 Å². The average molecular weight is 286 g/mol. The van der Waals surface area contributed by atoms with Crippen LogP contribution >= 0.6 is 15.9 Å². The minimum absolute atomic E-state index is 0.0613. The maximum atomic E-state index is 11.9. The van der Waals surface area contributed by atoms with E-state index < -0.39 is 5.54 Å². The van der Waals surface area contributed by atoms with E-state index in [0.717, 1.165) is 4.47 Å². The van der Waals surface area contributed by atoms with Gasteiger partial charge in [-0.25, -0.2) is 0 Å². The molecule has 2 N–H and O–H groups in total. The quantitative estimate of drug-likeness (QED) is 0.892. The summed E-state index contributed by atoms with van der Waals surface area (Å²) in [4.78, 5) is 11.9. The van der Waals surface area contributed by atoms with Gasteiger partial charge in [-0.1, -0.05) is 22.0 Å². The highest BCUT2D eigenvalue weighted by Gasteiger charge is 2.20. The van der Waals surface area contributed by atoms with Gasteiger partial charge in [0.15, 0.2) is 0 Å². The van der Waals surface area contributed by atoms with E-state index in [1.165, 1.54) is 0 Å². The Kier molecular flexibility index (Phi) is 4.50. The number of carbonyl (C=O) groups excluding carboxylic acids is 1. The second-order valence-corrected chi connectivity index (χ2v) is 5.24. The van der Waals surface area contributed by atoms with E-state index in [-0.39, 0.29) is 12.5 Å². The van der Waals surface area contributed by atoms with E-state index in [0.29, 0.717) is 12.0 Å². The second-order valence-electron chi connectivity index (χ2n) is 4.32. The van der Waals surface area contributed by atoms with Crippen molar-refractivity contribution in [1.29, 1.82) is 0 Å². The lowest BCUT2D eigenvalue weighted by molar-refractivity contribution is 0.0899. The first kappa shape index (κ1) is 13.2. The summed E-state index contributed by atoms with van der Waals surface area (Å²) in [6, 6.07) is 7.22. The van der Waals surface area contributed by atoms with Crippen molar-refractivity contribution >= 4 is 21.8 Å². The number of halogens is 1. The van der Waals surface area contributed by atoms with Gasteiger partial charge < -0.3 is 10.4 Å². The molecule has 0 aliphatic rings. The summed E-state index contributed by atoms with van der Waals surface area (Å²) < 4.78 is 0.875. The molecule has 0 atom stereocenters. The third-order valence-corrected chi connectivity index (χ3v) is 2.77. The topological polar surface area (TPSA) is 49.3 Å². The normalized spacial score (nSPS) is 11.2. The summed E-state index contributed by atoms with van der Waals surface area (Å²) in [5, 5.41) is 11.8. The van der Waals surface area contributed by atoms with Crippen LogP contribution in [0.2, 0.25) is 0 Å². The highest BCUT2D eigenvalue weighted by Crippen LogP contribution is 2.14. The van der Waals surface area contributed by atoms with Crippen molar-refractivity contribution < 1.29 is 9.90 Å². The van der Waals surface area contributed by atoms with E-state index in [9.17, 15) is 4.79 Å². The third-order valence-electron chi connectivity index (χ3n) is 2.28. The molecule has 88 valence electrons. The van der Waals surface area contributed by atoms with Gasteiger partial charge in [-0.15, -0.1) is 0 Å². The van der Waals surface area contributed by atoms with Crippen LogP contribution < -0.4 is 5.32 Å². The molecule has 0 saturated carbocycles. The number of aliphatic hydroxyl groups is 1. The zero-order chi connectivity index (χ0) is 12.2. The highest BCUT2D eigenvalue weighted by molar-refractivity contribution is 9.10. The van der Waals surface area contributed by atoms with Crippen molar-refractivity contribution in [3.63, 3.8) is 0 Å². The lowest BCUT2D eigenvalue weighted by Crippen LogP contribution is -2.44. The van der Waals surface area contributed by atoms with Gasteiger partial charge in [0, 0.05) is 22.2 Å². The van der Waals surface area contributed by atoms with Crippen LogP contribution in [0.5, 0.6) is 0 Å². The average Bonchev–Trinajstić information content (AvgIpc) is 2.16. The third kappa shape index (κ3) is 3.94. The van der Waals surface area contributed by atoms with Crippen molar-refractivity contribution in [3.8, 4) is 0 Å². The van der Waals surface area contributed by atoms with Gasteiger partial charge in [0.25, 0.3) is 5.91 Å². The minimum atomic E-state index is -0.395. The molecule has 3 nitrogen and oxygen atoms in total. The molecule has 0 aliphatic carbocycles. The van der Waals surface area contributed by atoms with Gasteiger partial charge in [-0.2, -0.15) is 0 Å². The Morgan fingerprint density at radius 2 is 2.19 bits per heavy atom. The predicted octanol–water partition coefficient (Wildman–Crippen LogP) is 2.34. The number of amides is 1. The van der Waals surface area contributed by atoms with Crippen LogP contribution in [0.25, 0.3) is 0 Å². The van der Waals surface area contributed by atoms with E-state index in [1.54, 1.807) is 12.1 Å². The van der Waals surface area contributed by atoms with Gasteiger partial charge in [-0.3, -0.25) is 4.79 Å². The zero-order valence-corrected chi connectivity index (χ0v) is 11.0. The SMILES string of the molecule is CC(C)(CCO)NC(=O)c1cccc(Br)c1. The molecule has 1 amide bonds. The van der Waals surface area contributed by atoms with Crippen LogP contribution in [-0.2, 0) is 0 Å². The van der Waals surface area contributed by atoms with Crippen molar-refractivity contribution in [2.24, 2.45) is 0 Å². The fourth-order valence-corrected chi connectivity index (χ4v) is 1.75. The summed E-state index contributed by atoms with van der Waals surface area (Å²) in [5.74, 6) is -0.125. The number of rotatable bonds is 4. The Morgan fingerprint density at radius 3 is 2.75 bits per heavy atom. The molecule has 0 heterocycles. The fraction of sp³-hybridized carbons (Fsp3) is 0.417. The first-order chi connectivity index (χ1) is 7.44. The number of hydrogen-bond donors (Lipinski definition) is 2. The molecule has 0 aromatic heterocycles. The van der Waals surface area contributed by atoms with Crippen molar-refractivity contribution in [3.05, 3.63) is 34.3 Å². The molecule has 0 fully saturated rings. The van der Waals surface area contributed by atoms with Crippen LogP contribution in [-0.4, -0.2) is 23.2 Å². The molecule has 0 spiro atoms. The lowest BCUT2D eigenvalue weighted by atomic mass is 10.0. The largest absolute Gasteiger partial charge is 0.396 e. The Labute approximate surface area is 104 Å². The summed E-state index contributed by atoms with van der Waals surface area (Å²) in [5.41, 5.74) is 0.217. The molecular formula is C12H16BrNO2. The van der Waals surface area contributed by atoms with E-state index in [4.69, 9.17) is 5.11 Å². The van der Waals surface area contributed by atoms with Crippen molar-refractivity contribution in [2.45, 2.75) is 25.8 Å². The predicted molar refractivity (Wildman–Crippen MR) is 67.4 cm³/mol. The minimum Gasteiger partial charge on any atom is -0.396 e. The lowest BCUT2D eigenvalue weighted by Gasteiger charge is -2.25. The first-order valence-corrected chi connectivity index (χ1v) is 5.93. The van der Waals surface area contributed by atoms with Crippen molar-refractivity contribution in [2.75, 3.05) is 6.61 Å². The monoisotopic (exact) mass is 285 g/mol. The number of nitrogens with one attached hydrogen (secondary N) is 1. The maximum absolute atomic E-state index is 11.9. The van der Waals surface area contributed by atoms with Gasteiger partial charge in [0.05, 0.1) is 0 Å². The number of hydrogen-bond acceptors (Lipinski definition) is 2.